The molecule has 1 unspecified atom stereocenters. The summed E-state index contributed by atoms with van der Waals surface area (Å²) in [7, 11) is 0. The van der Waals surface area contributed by atoms with Gasteiger partial charge >= 0.3 is 0 Å². The molecule has 0 bridgehead atoms. The van der Waals surface area contributed by atoms with Gasteiger partial charge in [-0.05, 0) is 82.6 Å². The zero-order chi connectivity index (χ0) is 21.9. The minimum Gasteiger partial charge on any atom is -0.508 e. The number of hydrogen-bond acceptors (Lipinski definition) is 4. The molecule has 1 atom stereocenters. The minimum atomic E-state index is -0.672. The fraction of sp³-hybridized carbons (Fsp3) is 0.480. The predicted molar refractivity (Wildman–Crippen MR) is 119 cm³/mol. The van der Waals surface area contributed by atoms with E-state index < -0.39 is 5.72 Å². The molecular formula is C25H33NO4. The van der Waals surface area contributed by atoms with Gasteiger partial charge in [-0.2, -0.15) is 0 Å². The lowest BCUT2D eigenvalue weighted by Gasteiger charge is -2.44. The number of aromatic hydroxyl groups is 2. The summed E-state index contributed by atoms with van der Waals surface area (Å²) >= 11 is 0. The first-order valence-electron chi connectivity index (χ1n) is 10.7. The SMILES string of the molecule is C=C1CCCC(C)=C1CCC1(C)OCCCN1C(=O)C=C(C)c1ccc(O)cc1O. The number of allylic oxidation sites excluding steroid dienone is 4. The molecule has 0 aromatic heterocycles. The molecule has 1 aliphatic carbocycles. The molecule has 30 heavy (non-hydrogen) atoms. The highest BCUT2D eigenvalue weighted by Gasteiger charge is 2.38. The van der Waals surface area contributed by atoms with Crippen LogP contribution < -0.4 is 0 Å². The normalized spacial score (nSPS) is 23.1. The minimum absolute atomic E-state index is 0.0127. The second-order valence-corrected chi connectivity index (χ2v) is 8.61. The number of ether oxygens (including phenoxy) is 1. The number of carbonyl (C=O) groups excluding carboxylic acids is 1. The Labute approximate surface area is 179 Å². The van der Waals surface area contributed by atoms with E-state index in [0.717, 1.165) is 32.1 Å². The third kappa shape index (κ3) is 4.78. The zero-order valence-corrected chi connectivity index (χ0v) is 18.3. The smallest absolute Gasteiger partial charge is 0.249 e. The molecule has 0 saturated carbocycles. The molecule has 0 radical (unpaired) electrons. The molecule has 1 aliphatic heterocycles. The first kappa shape index (κ1) is 22.2. The molecule has 1 amide bonds. The predicted octanol–water partition coefficient (Wildman–Crippen LogP) is 5.30. The van der Waals surface area contributed by atoms with Crippen molar-refractivity contribution in [2.45, 2.75) is 65.0 Å². The Hall–Kier alpha value is -2.53. The highest BCUT2D eigenvalue weighted by Crippen LogP contribution is 2.36. The number of phenols is 2. The van der Waals surface area contributed by atoms with Gasteiger partial charge in [-0.15, -0.1) is 0 Å². The second-order valence-electron chi connectivity index (χ2n) is 8.61. The summed E-state index contributed by atoms with van der Waals surface area (Å²) in [4.78, 5) is 15.0. The Bertz CT molecular complexity index is 898. The Morgan fingerprint density at radius 3 is 2.77 bits per heavy atom. The lowest BCUT2D eigenvalue weighted by molar-refractivity contribution is -0.186. The molecule has 5 nitrogen and oxygen atoms in total. The molecule has 2 N–H and O–H groups in total. The molecule has 2 aliphatic rings. The Kier molecular flexibility index (Phi) is 6.71. The van der Waals surface area contributed by atoms with Crippen LogP contribution in [0.25, 0.3) is 5.57 Å². The summed E-state index contributed by atoms with van der Waals surface area (Å²) in [5, 5.41) is 19.6. The summed E-state index contributed by atoms with van der Waals surface area (Å²) < 4.78 is 6.13. The van der Waals surface area contributed by atoms with Gasteiger partial charge in [0.15, 0.2) is 0 Å². The van der Waals surface area contributed by atoms with Crippen molar-refractivity contribution in [2.75, 3.05) is 13.2 Å². The van der Waals surface area contributed by atoms with Crippen LogP contribution in [0.5, 0.6) is 11.5 Å². The van der Waals surface area contributed by atoms with Gasteiger partial charge in [0, 0.05) is 24.3 Å². The standard InChI is InChI=1S/C25H33NO4/c1-17-7-5-8-18(2)21(17)11-12-25(4)26(13-6-14-30-25)24(29)15-19(3)22-10-9-20(27)16-23(22)28/h9-10,15-16,27-28H,1,5-8,11-14H2,2-4H3. The summed E-state index contributed by atoms with van der Waals surface area (Å²) in [6.45, 7) is 11.5. The summed E-state index contributed by atoms with van der Waals surface area (Å²) in [5.41, 5.74) is 4.46. The topological polar surface area (TPSA) is 70.0 Å². The van der Waals surface area contributed by atoms with Gasteiger partial charge in [-0.1, -0.05) is 17.7 Å². The first-order chi connectivity index (χ1) is 14.2. The van der Waals surface area contributed by atoms with E-state index >= 15 is 0 Å². The van der Waals surface area contributed by atoms with Crippen molar-refractivity contribution in [2.24, 2.45) is 0 Å². The molecule has 1 heterocycles. The van der Waals surface area contributed by atoms with E-state index in [1.165, 1.54) is 35.3 Å². The van der Waals surface area contributed by atoms with Crippen molar-refractivity contribution in [3.63, 3.8) is 0 Å². The molecule has 162 valence electrons. The molecule has 1 fully saturated rings. The molecule has 1 saturated heterocycles. The molecular weight excluding hydrogens is 378 g/mol. The highest BCUT2D eigenvalue weighted by molar-refractivity contribution is 5.96. The number of rotatable bonds is 5. The number of benzene rings is 1. The van der Waals surface area contributed by atoms with Crippen LogP contribution in [0.4, 0.5) is 0 Å². The van der Waals surface area contributed by atoms with Crippen molar-refractivity contribution in [3.8, 4) is 11.5 Å². The van der Waals surface area contributed by atoms with Gasteiger partial charge in [0.05, 0.1) is 6.61 Å². The molecule has 3 rings (SSSR count). The van der Waals surface area contributed by atoms with Crippen LogP contribution in [0.1, 0.15) is 64.9 Å². The fourth-order valence-electron chi connectivity index (χ4n) is 4.49. The molecule has 5 heteroatoms. The van der Waals surface area contributed by atoms with E-state index in [4.69, 9.17) is 4.74 Å². The van der Waals surface area contributed by atoms with Crippen LogP contribution in [0, 0.1) is 0 Å². The van der Waals surface area contributed by atoms with Gasteiger partial charge in [0.25, 0.3) is 0 Å². The second kappa shape index (κ2) is 9.09. The highest BCUT2D eigenvalue weighted by atomic mass is 16.5. The lowest BCUT2D eigenvalue weighted by Crippen LogP contribution is -2.55. The molecule has 1 aromatic carbocycles. The van der Waals surface area contributed by atoms with E-state index in [2.05, 4.69) is 13.5 Å². The maximum Gasteiger partial charge on any atom is 0.249 e. The Morgan fingerprint density at radius 2 is 2.07 bits per heavy atom. The third-order valence-electron chi connectivity index (χ3n) is 6.33. The van der Waals surface area contributed by atoms with Gasteiger partial charge in [0.2, 0.25) is 5.91 Å². The van der Waals surface area contributed by atoms with E-state index in [0.29, 0.717) is 24.3 Å². The van der Waals surface area contributed by atoms with Crippen LogP contribution in [0.3, 0.4) is 0 Å². The van der Waals surface area contributed by atoms with Crippen molar-refractivity contribution in [3.05, 3.63) is 53.1 Å². The van der Waals surface area contributed by atoms with Crippen molar-refractivity contribution in [1.29, 1.82) is 0 Å². The lowest BCUT2D eigenvalue weighted by atomic mass is 9.85. The van der Waals surface area contributed by atoms with Gasteiger partial charge in [-0.3, -0.25) is 4.79 Å². The molecule has 1 aromatic rings. The molecule has 0 spiro atoms. The van der Waals surface area contributed by atoms with Crippen LogP contribution in [-0.2, 0) is 9.53 Å². The van der Waals surface area contributed by atoms with E-state index in [9.17, 15) is 15.0 Å². The maximum absolute atomic E-state index is 13.2. The van der Waals surface area contributed by atoms with Crippen molar-refractivity contribution >= 4 is 11.5 Å². The quantitative estimate of drug-likeness (QED) is 0.645. The maximum atomic E-state index is 13.2. The number of carbonyl (C=O) groups is 1. The number of hydrogen-bond donors (Lipinski definition) is 2. The number of nitrogens with zero attached hydrogens (tertiary/aromatic N) is 1. The Balaban J connectivity index is 1.78. The average molecular weight is 412 g/mol. The van der Waals surface area contributed by atoms with E-state index in [-0.39, 0.29) is 17.4 Å². The van der Waals surface area contributed by atoms with Gasteiger partial charge in [0.1, 0.15) is 17.2 Å². The Morgan fingerprint density at radius 1 is 1.30 bits per heavy atom. The van der Waals surface area contributed by atoms with E-state index in [1.807, 2.05) is 6.92 Å². The zero-order valence-electron chi connectivity index (χ0n) is 18.3. The average Bonchev–Trinajstić information content (AvgIpc) is 2.67. The summed E-state index contributed by atoms with van der Waals surface area (Å²) in [6.07, 6.45) is 7.25. The van der Waals surface area contributed by atoms with Crippen LogP contribution in [0.15, 0.2) is 47.6 Å². The van der Waals surface area contributed by atoms with Crippen LogP contribution >= 0.6 is 0 Å². The fourth-order valence-corrected chi connectivity index (χ4v) is 4.49. The number of amides is 1. The van der Waals surface area contributed by atoms with Crippen LogP contribution in [-0.4, -0.2) is 39.9 Å². The van der Waals surface area contributed by atoms with Crippen molar-refractivity contribution in [1.82, 2.24) is 4.90 Å². The summed E-state index contributed by atoms with van der Waals surface area (Å²) in [5.74, 6) is -0.191. The first-order valence-corrected chi connectivity index (χ1v) is 10.7. The van der Waals surface area contributed by atoms with Gasteiger partial charge in [-0.25, -0.2) is 0 Å². The summed E-state index contributed by atoms with van der Waals surface area (Å²) in [6, 6.07) is 4.38. The third-order valence-corrected chi connectivity index (χ3v) is 6.33. The monoisotopic (exact) mass is 411 g/mol. The number of phenolic OH excluding ortho intramolecular Hbond substituents is 2. The van der Waals surface area contributed by atoms with E-state index in [1.54, 1.807) is 24.0 Å². The van der Waals surface area contributed by atoms with Gasteiger partial charge < -0.3 is 19.8 Å². The van der Waals surface area contributed by atoms with Crippen LogP contribution in [0.2, 0.25) is 0 Å². The van der Waals surface area contributed by atoms with Crippen molar-refractivity contribution < 1.29 is 19.7 Å². The largest absolute Gasteiger partial charge is 0.508 e.